The number of aliphatic carboxylic acids is 1. The highest BCUT2D eigenvalue weighted by atomic mass is 16.5. The normalized spacial score (nSPS) is 19.4. The summed E-state index contributed by atoms with van der Waals surface area (Å²) in [5, 5.41) is 12.2. The van der Waals surface area contributed by atoms with Gasteiger partial charge in [-0.2, -0.15) is 0 Å². The lowest BCUT2D eigenvalue weighted by Crippen LogP contribution is -2.35. The maximum atomic E-state index is 12.4. The van der Waals surface area contributed by atoms with Crippen molar-refractivity contribution < 1.29 is 19.4 Å². The summed E-state index contributed by atoms with van der Waals surface area (Å²) in [4.78, 5) is 23.9. The molecule has 26 heavy (non-hydrogen) atoms. The largest absolute Gasteiger partial charge is 0.497 e. The van der Waals surface area contributed by atoms with Gasteiger partial charge in [-0.25, -0.2) is 0 Å². The lowest BCUT2D eigenvalue weighted by Gasteiger charge is -2.13. The Morgan fingerprint density at radius 2 is 1.96 bits per heavy atom. The Labute approximate surface area is 153 Å². The zero-order valence-electron chi connectivity index (χ0n) is 14.7. The lowest BCUT2D eigenvalue weighted by atomic mass is 9.99. The van der Waals surface area contributed by atoms with E-state index in [0.29, 0.717) is 6.42 Å². The van der Waals surface area contributed by atoms with E-state index in [1.54, 1.807) is 7.11 Å². The first-order valence-corrected chi connectivity index (χ1v) is 8.77. The van der Waals surface area contributed by atoms with Gasteiger partial charge in [-0.1, -0.05) is 42.5 Å². The predicted molar refractivity (Wildman–Crippen MR) is 98.1 cm³/mol. The van der Waals surface area contributed by atoms with Gasteiger partial charge in [-0.15, -0.1) is 0 Å². The minimum absolute atomic E-state index is 0.0721. The van der Waals surface area contributed by atoms with Crippen LogP contribution in [-0.4, -0.2) is 30.6 Å². The van der Waals surface area contributed by atoms with E-state index in [1.165, 1.54) is 0 Å². The number of ether oxygens (including phenoxy) is 1. The molecular weight excluding hydrogens is 330 g/mol. The van der Waals surface area contributed by atoms with Crippen molar-refractivity contribution in [2.75, 3.05) is 13.7 Å². The van der Waals surface area contributed by atoms with E-state index >= 15 is 0 Å². The Hall–Kier alpha value is -2.82. The molecule has 3 unspecified atom stereocenters. The average molecular weight is 353 g/mol. The Kier molecular flexibility index (Phi) is 5.56. The summed E-state index contributed by atoms with van der Waals surface area (Å²) in [6.07, 6.45) is 1.19. The average Bonchev–Trinajstić information content (AvgIpc) is 3.46. The molecule has 3 rings (SSSR count). The van der Waals surface area contributed by atoms with Gasteiger partial charge in [-0.05, 0) is 42.0 Å². The summed E-state index contributed by atoms with van der Waals surface area (Å²) in [5.74, 6) is -0.722. The summed E-state index contributed by atoms with van der Waals surface area (Å²) in [7, 11) is 1.62. The fraction of sp³-hybridized carbons (Fsp3) is 0.333. The molecule has 2 aromatic rings. The first kappa shape index (κ1) is 18.0. The fourth-order valence-corrected chi connectivity index (χ4v) is 3.23. The molecule has 1 amide bonds. The van der Waals surface area contributed by atoms with Gasteiger partial charge in [0, 0.05) is 12.5 Å². The third-order valence-corrected chi connectivity index (χ3v) is 4.85. The molecule has 0 spiro atoms. The van der Waals surface area contributed by atoms with E-state index in [1.807, 2.05) is 54.6 Å². The lowest BCUT2D eigenvalue weighted by molar-refractivity contribution is -0.141. The molecule has 0 aliphatic heterocycles. The van der Waals surface area contributed by atoms with Gasteiger partial charge in [-0.3, -0.25) is 9.59 Å². The van der Waals surface area contributed by atoms with Crippen molar-refractivity contribution >= 4 is 11.9 Å². The van der Waals surface area contributed by atoms with Crippen molar-refractivity contribution in [3.05, 3.63) is 65.7 Å². The van der Waals surface area contributed by atoms with Crippen molar-refractivity contribution in [3.63, 3.8) is 0 Å². The van der Waals surface area contributed by atoms with Crippen LogP contribution >= 0.6 is 0 Å². The first-order valence-electron chi connectivity index (χ1n) is 8.77. The minimum Gasteiger partial charge on any atom is -0.497 e. The molecule has 2 aromatic carbocycles. The predicted octanol–water partition coefficient (Wildman–Crippen LogP) is 2.86. The topological polar surface area (TPSA) is 75.6 Å². The summed E-state index contributed by atoms with van der Waals surface area (Å²) in [6.45, 7) is 0.143. The van der Waals surface area contributed by atoms with Crippen LogP contribution in [0.15, 0.2) is 54.6 Å². The monoisotopic (exact) mass is 353 g/mol. The Morgan fingerprint density at radius 3 is 2.65 bits per heavy atom. The number of benzene rings is 2. The van der Waals surface area contributed by atoms with E-state index in [4.69, 9.17) is 4.74 Å². The van der Waals surface area contributed by atoms with E-state index in [2.05, 4.69) is 5.32 Å². The molecule has 136 valence electrons. The third kappa shape index (κ3) is 4.42. The van der Waals surface area contributed by atoms with Crippen molar-refractivity contribution in [2.24, 2.45) is 11.8 Å². The van der Waals surface area contributed by atoms with Crippen LogP contribution in [0.1, 0.15) is 23.5 Å². The molecule has 0 heterocycles. The Bertz CT molecular complexity index is 775. The summed E-state index contributed by atoms with van der Waals surface area (Å²) in [6, 6.07) is 17.2. The minimum atomic E-state index is -0.894. The molecule has 1 fully saturated rings. The number of hydrogen-bond donors (Lipinski definition) is 2. The third-order valence-electron chi connectivity index (χ3n) is 4.85. The van der Waals surface area contributed by atoms with Crippen LogP contribution in [-0.2, 0) is 16.0 Å². The van der Waals surface area contributed by atoms with Crippen LogP contribution in [0, 0.1) is 11.8 Å². The van der Waals surface area contributed by atoms with E-state index < -0.39 is 11.9 Å². The molecule has 0 radical (unpaired) electrons. The van der Waals surface area contributed by atoms with Crippen LogP contribution in [0.25, 0.3) is 0 Å². The van der Waals surface area contributed by atoms with Crippen molar-refractivity contribution in [1.29, 1.82) is 0 Å². The first-order chi connectivity index (χ1) is 12.6. The highest BCUT2D eigenvalue weighted by molar-refractivity contribution is 5.83. The summed E-state index contributed by atoms with van der Waals surface area (Å²) >= 11 is 0. The standard InChI is InChI=1S/C21H23NO4/c1-26-17-9-5-8-15(11-17)18-12-19(18)20(23)22-13-16(21(24)25)10-14-6-3-2-4-7-14/h2-9,11,16,18-19H,10,12-13H2,1H3,(H,22,23)(H,24,25). The van der Waals surface area contributed by atoms with E-state index in [0.717, 1.165) is 23.3 Å². The molecule has 0 saturated heterocycles. The van der Waals surface area contributed by atoms with Crippen LogP contribution < -0.4 is 10.1 Å². The van der Waals surface area contributed by atoms with Gasteiger partial charge >= 0.3 is 5.97 Å². The smallest absolute Gasteiger partial charge is 0.308 e. The SMILES string of the molecule is COc1cccc(C2CC2C(=O)NCC(Cc2ccccc2)C(=O)O)c1. The van der Waals surface area contributed by atoms with Gasteiger partial charge in [0.15, 0.2) is 0 Å². The number of carboxylic acid groups (broad SMARTS) is 1. The molecule has 3 atom stereocenters. The molecule has 5 heteroatoms. The number of methoxy groups -OCH3 is 1. The van der Waals surface area contributed by atoms with Gasteiger partial charge in [0.2, 0.25) is 5.91 Å². The maximum Gasteiger partial charge on any atom is 0.308 e. The second kappa shape index (κ2) is 8.04. The molecule has 0 aromatic heterocycles. The number of hydrogen-bond acceptors (Lipinski definition) is 3. The number of amides is 1. The van der Waals surface area contributed by atoms with Gasteiger partial charge in [0.05, 0.1) is 13.0 Å². The zero-order valence-corrected chi connectivity index (χ0v) is 14.7. The Balaban J connectivity index is 1.53. The fourth-order valence-electron chi connectivity index (χ4n) is 3.23. The molecule has 0 bridgehead atoms. The van der Waals surface area contributed by atoms with E-state index in [9.17, 15) is 14.7 Å². The van der Waals surface area contributed by atoms with Gasteiger partial charge in [0.1, 0.15) is 5.75 Å². The molecule has 1 aliphatic carbocycles. The molecule has 2 N–H and O–H groups in total. The molecule has 1 saturated carbocycles. The number of rotatable bonds is 8. The number of nitrogens with one attached hydrogen (secondary N) is 1. The number of carbonyl (C=O) groups excluding carboxylic acids is 1. The number of carbonyl (C=O) groups is 2. The van der Waals surface area contributed by atoms with Crippen LogP contribution in [0.4, 0.5) is 0 Å². The molecule has 5 nitrogen and oxygen atoms in total. The van der Waals surface area contributed by atoms with Gasteiger partial charge in [0.25, 0.3) is 0 Å². The van der Waals surface area contributed by atoms with Crippen molar-refractivity contribution in [1.82, 2.24) is 5.32 Å². The zero-order chi connectivity index (χ0) is 18.5. The van der Waals surface area contributed by atoms with Crippen LogP contribution in [0.3, 0.4) is 0 Å². The van der Waals surface area contributed by atoms with E-state index in [-0.39, 0.29) is 24.3 Å². The highest BCUT2D eigenvalue weighted by Crippen LogP contribution is 2.48. The number of carboxylic acids is 1. The maximum absolute atomic E-state index is 12.4. The van der Waals surface area contributed by atoms with Crippen molar-refractivity contribution in [3.8, 4) is 5.75 Å². The summed E-state index contributed by atoms with van der Waals surface area (Å²) < 4.78 is 5.22. The highest BCUT2D eigenvalue weighted by Gasteiger charge is 2.44. The van der Waals surface area contributed by atoms with Crippen LogP contribution in [0.2, 0.25) is 0 Å². The van der Waals surface area contributed by atoms with Crippen molar-refractivity contribution in [2.45, 2.75) is 18.8 Å². The quantitative estimate of drug-likeness (QED) is 0.765. The van der Waals surface area contributed by atoms with Crippen LogP contribution in [0.5, 0.6) is 5.75 Å². The Morgan fingerprint density at radius 1 is 1.19 bits per heavy atom. The molecule has 1 aliphatic rings. The molecular formula is C21H23NO4. The second-order valence-electron chi connectivity index (χ2n) is 6.70. The van der Waals surface area contributed by atoms with Gasteiger partial charge < -0.3 is 15.2 Å². The second-order valence-corrected chi connectivity index (χ2v) is 6.70. The summed E-state index contributed by atoms with van der Waals surface area (Å²) in [5.41, 5.74) is 2.04.